The quantitative estimate of drug-likeness (QED) is 0.758. The van der Waals surface area contributed by atoms with Crippen LogP contribution >= 0.6 is 11.6 Å². The SMILES string of the molecule is Cc1cc(F)ccc1N1CN(C)C(=O)c2cnc(Cl)cc21. The Kier molecular flexibility index (Phi) is 3.29. The van der Waals surface area contributed by atoms with E-state index >= 15 is 0 Å². The summed E-state index contributed by atoms with van der Waals surface area (Å²) >= 11 is 5.96. The van der Waals surface area contributed by atoms with Crippen LogP contribution in [0.2, 0.25) is 5.15 Å². The Morgan fingerprint density at radius 1 is 1.29 bits per heavy atom. The summed E-state index contributed by atoms with van der Waals surface area (Å²) < 4.78 is 13.3. The predicted molar refractivity (Wildman–Crippen MR) is 79.5 cm³/mol. The lowest BCUT2D eigenvalue weighted by Crippen LogP contribution is -2.42. The maximum atomic E-state index is 13.3. The monoisotopic (exact) mass is 305 g/mol. The van der Waals surface area contributed by atoms with Crippen LogP contribution in [0.5, 0.6) is 0 Å². The Balaban J connectivity index is 2.18. The van der Waals surface area contributed by atoms with Crippen molar-refractivity contribution >= 4 is 28.9 Å². The molecule has 2 aromatic rings. The molecule has 6 heteroatoms. The summed E-state index contributed by atoms with van der Waals surface area (Å²) in [6.45, 7) is 2.20. The number of benzene rings is 1. The third-order valence-electron chi connectivity index (χ3n) is 3.52. The molecule has 0 atom stereocenters. The van der Waals surface area contributed by atoms with E-state index in [9.17, 15) is 9.18 Å². The molecule has 0 bridgehead atoms. The topological polar surface area (TPSA) is 36.4 Å². The van der Waals surface area contributed by atoms with Crippen molar-refractivity contribution in [2.24, 2.45) is 0 Å². The van der Waals surface area contributed by atoms with Crippen molar-refractivity contribution in [2.75, 3.05) is 18.6 Å². The van der Waals surface area contributed by atoms with E-state index < -0.39 is 0 Å². The average molecular weight is 306 g/mol. The first-order chi connectivity index (χ1) is 9.97. The highest BCUT2D eigenvalue weighted by atomic mass is 35.5. The fourth-order valence-corrected chi connectivity index (χ4v) is 2.65. The van der Waals surface area contributed by atoms with Gasteiger partial charge in [-0.1, -0.05) is 11.6 Å². The lowest BCUT2D eigenvalue weighted by atomic mass is 10.1. The molecule has 0 aliphatic carbocycles. The van der Waals surface area contributed by atoms with Crippen molar-refractivity contribution in [3.05, 3.63) is 52.6 Å². The average Bonchev–Trinajstić information content (AvgIpc) is 2.43. The lowest BCUT2D eigenvalue weighted by Gasteiger charge is -2.36. The van der Waals surface area contributed by atoms with E-state index in [4.69, 9.17) is 11.6 Å². The molecule has 1 aromatic heterocycles. The number of hydrogen-bond donors (Lipinski definition) is 0. The van der Waals surface area contributed by atoms with E-state index in [1.54, 1.807) is 24.1 Å². The molecule has 1 aromatic carbocycles. The molecule has 0 fully saturated rings. The molecule has 0 saturated carbocycles. The fourth-order valence-electron chi connectivity index (χ4n) is 2.49. The van der Waals surface area contributed by atoms with Gasteiger partial charge < -0.3 is 9.80 Å². The zero-order valence-corrected chi connectivity index (χ0v) is 12.4. The zero-order chi connectivity index (χ0) is 15.1. The van der Waals surface area contributed by atoms with Crippen molar-refractivity contribution < 1.29 is 9.18 Å². The minimum Gasteiger partial charge on any atom is -0.323 e. The van der Waals surface area contributed by atoms with Gasteiger partial charge in [0.1, 0.15) is 11.0 Å². The fraction of sp³-hybridized carbons (Fsp3) is 0.200. The van der Waals surface area contributed by atoms with Crippen molar-refractivity contribution in [1.29, 1.82) is 0 Å². The van der Waals surface area contributed by atoms with Crippen molar-refractivity contribution in [3.8, 4) is 0 Å². The smallest absolute Gasteiger partial charge is 0.258 e. The van der Waals surface area contributed by atoms with E-state index in [0.717, 1.165) is 11.3 Å². The number of carbonyl (C=O) groups excluding carboxylic acids is 1. The standard InChI is InChI=1S/C15H13ClFN3O/c1-9-5-10(17)3-4-12(9)20-8-19(2)15(21)11-7-18-14(16)6-13(11)20/h3-7H,8H2,1-2H3. The van der Waals surface area contributed by atoms with Crippen LogP contribution in [0.15, 0.2) is 30.5 Å². The van der Waals surface area contributed by atoms with Gasteiger partial charge in [0.25, 0.3) is 5.91 Å². The molecule has 0 unspecified atom stereocenters. The largest absolute Gasteiger partial charge is 0.323 e. The van der Waals surface area contributed by atoms with E-state index in [-0.39, 0.29) is 11.7 Å². The minimum atomic E-state index is -0.286. The van der Waals surface area contributed by atoms with E-state index in [1.165, 1.54) is 18.3 Å². The Morgan fingerprint density at radius 2 is 2.05 bits per heavy atom. The first kappa shape index (κ1) is 13.8. The Labute approximate surface area is 126 Å². The highest BCUT2D eigenvalue weighted by molar-refractivity contribution is 6.29. The molecule has 2 heterocycles. The van der Waals surface area contributed by atoms with Gasteiger partial charge in [-0.15, -0.1) is 0 Å². The molecule has 0 spiro atoms. The van der Waals surface area contributed by atoms with Crippen LogP contribution in [0.4, 0.5) is 15.8 Å². The van der Waals surface area contributed by atoms with Gasteiger partial charge in [0.15, 0.2) is 0 Å². The summed E-state index contributed by atoms with van der Waals surface area (Å²) in [4.78, 5) is 19.7. The van der Waals surface area contributed by atoms with E-state index in [1.807, 2.05) is 11.8 Å². The van der Waals surface area contributed by atoms with Crippen LogP contribution in [-0.2, 0) is 0 Å². The number of hydrogen-bond acceptors (Lipinski definition) is 3. The number of rotatable bonds is 1. The summed E-state index contributed by atoms with van der Waals surface area (Å²) in [6, 6.07) is 6.23. The second-order valence-electron chi connectivity index (χ2n) is 5.03. The molecular formula is C15H13ClFN3O. The molecule has 1 amide bonds. The molecule has 21 heavy (non-hydrogen) atoms. The number of nitrogens with zero attached hydrogens (tertiary/aromatic N) is 3. The summed E-state index contributed by atoms with van der Waals surface area (Å²) in [5.74, 6) is -0.393. The number of amides is 1. The molecule has 0 N–H and O–H groups in total. The lowest BCUT2D eigenvalue weighted by molar-refractivity contribution is 0.0787. The van der Waals surface area contributed by atoms with Crippen molar-refractivity contribution in [2.45, 2.75) is 6.92 Å². The summed E-state index contributed by atoms with van der Waals surface area (Å²) in [5, 5.41) is 0.316. The first-order valence-corrected chi connectivity index (χ1v) is 6.80. The Hall–Kier alpha value is -2.14. The third-order valence-corrected chi connectivity index (χ3v) is 3.73. The molecule has 1 aliphatic rings. The van der Waals surface area contributed by atoms with Crippen LogP contribution in [0.1, 0.15) is 15.9 Å². The van der Waals surface area contributed by atoms with Crippen LogP contribution in [0.25, 0.3) is 0 Å². The number of halogens is 2. The van der Waals surface area contributed by atoms with Crippen molar-refractivity contribution in [1.82, 2.24) is 9.88 Å². The number of fused-ring (bicyclic) bond motifs is 1. The molecule has 3 rings (SSSR count). The maximum absolute atomic E-state index is 13.3. The third kappa shape index (κ3) is 2.34. The molecule has 0 radical (unpaired) electrons. The Bertz CT molecular complexity index is 735. The van der Waals surface area contributed by atoms with Gasteiger partial charge in [0, 0.05) is 25.0 Å². The van der Waals surface area contributed by atoms with Gasteiger partial charge in [-0.3, -0.25) is 4.79 Å². The van der Waals surface area contributed by atoms with Gasteiger partial charge in [-0.05, 0) is 30.7 Å². The Morgan fingerprint density at radius 3 is 2.76 bits per heavy atom. The van der Waals surface area contributed by atoms with E-state index in [2.05, 4.69) is 4.98 Å². The molecule has 4 nitrogen and oxygen atoms in total. The number of aryl methyl sites for hydroxylation is 1. The van der Waals surface area contributed by atoms with Crippen LogP contribution < -0.4 is 4.90 Å². The minimum absolute atomic E-state index is 0.106. The number of pyridine rings is 1. The summed E-state index contributed by atoms with van der Waals surface area (Å²) in [7, 11) is 1.71. The second-order valence-corrected chi connectivity index (χ2v) is 5.41. The van der Waals surface area contributed by atoms with Gasteiger partial charge in [0.05, 0.1) is 17.9 Å². The second kappa shape index (κ2) is 5.00. The number of carbonyl (C=O) groups is 1. The van der Waals surface area contributed by atoms with Crippen molar-refractivity contribution in [3.63, 3.8) is 0 Å². The van der Waals surface area contributed by atoms with Gasteiger partial charge in [-0.2, -0.15) is 0 Å². The molecule has 0 saturated heterocycles. The van der Waals surface area contributed by atoms with Gasteiger partial charge in [0.2, 0.25) is 0 Å². The van der Waals surface area contributed by atoms with Gasteiger partial charge >= 0.3 is 0 Å². The highest BCUT2D eigenvalue weighted by Crippen LogP contribution is 2.35. The number of anilines is 2. The summed E-state index contributed by atoms with van der Waals surface area (Å²) in [5.41, 5.74) is 2.79. The normalized spacial score (nSPS) is 14.4. The van der Waals surface area contributed by atoms with Crippen LogP contribution in [0.3, 0.4) is 0 Å². The number of aromatic nitrogens is 1. The van der Waals surface area contributed by atoms with Crippen LogP contribution in [0, 0.1) is 12.7 Å². The molecule has 108 valence electrons. The maximum Gasteiger partial charge on any atom is 0.258 e. The van der Waals surface area contributed by atoms with Crippen LogP contribution in [-0.4, -0.2) is 29.5 Å². The van der Waals surface area contributed by atoms with Gasteiger partial charge in [-0.25, -0.2) is 9.37 Å². The summed E-state index contributed by atoms with van der Waals surface area (Å²) in [6.07, 6.45) is 1.47. The predicted octanol–water partition coefficient (Wildman–Crippen LogP) is 3.36. The highest BCUT2D eigenvalue weighted by Gasteiger charge is 2.29. The molecule has 1 aliphatic heterocycles. The van der Waals surface area contributed by atoms with E-state index in [0.29, 0.717) is 23.1 Å². The molecular weight excluding hydrogens is 293 g/mol. The first-order valence-electron chi connectivity index (χ1n) is 6.42. The zero-order valence-electron chi connectivity index (χ0n) is 11.6.